The second kappa shape index (κ2) is 12.2. The quantitative estimate of drug-likeness (QED) is 0.407. The standard InChI is InChI=1S/C26H25FN2O5/c1-2-32-23-14-21(22(27)15-24(23)33-13-12-30)25(29-20-10-8-18(16-28)9-11-20)26(31)34-17-19-6-4-3-5-7-19/h3-11,14-15,25,29-30H,2,12-13,17H2,1H3. The first kappa shape index (κ1) is 24.6. The monoisotopic (exact) mass is 464 g/mol. The number of ether oxygens (including phenoxy) is 3. The van der Waals surface area contributed by atoms with E-state index in [-0.39, 0.29) is 43.5 Å². The highest BCUT2D eigenvalue weighted by Gasteiger charge is 2.28. The van der Waals surface area contributed by atoms with Crippen LogP contribution < -0.4 is 14.8 Å². The molecule has 0 aliphatic heterocycles. The number of anilines is 1. The minimum absolute atomic E-state index is 0.00206. The van der Waals surface area contributed by atoms with Crippen LogP contribution in [0.25, 0.3) is 0 Å². The molecule has 0 fully saturated rings. The maximum atomic E-state index is 15.2. The first-order valence-corrected chi connectivity index (χ1v) is 10.7. The summed E-state index contributed by atoms with van der Waals surface area (Å²) in [7, 11) is 0. The van der Waals surface area contributed by atoms with E-state index in [0.717, 1.165) is 11.6 Å². The number of hydrogen-bond acceptors (Lipinski definition) is 7. The lowest BCUT2D eigenvalue weighted by Crippen LogP contribution is -2.24. The zero-order chi connectivity index (χ0) is 24.3. The van der Waals surface area contributed by atoms with Crippen LogP contribution >= 0.6 is 0 Å². The van der Waals surface area contributed by atoms with E-state index in [1.54, 1.807) is 31.2 Å². The summed E-state index contributed by atoms with van der Waals surface area (Å²) in [5.41, 5.74) is 1.74. The number of nitriles is 1. The summed E-state index contributed by atoms with van der Waals surface area (Å²) >= 11 is 0. The molecular formula is C26H25FN2O5. The summed E-state index contributed by atoms with van der Waals surface area (Å²) in [5.74, 6) is -1.06. The molecule has 7 nitrogen and oxygen atoms in total. The van der Waals surface area contributed by atoms with Gasteiger partial charge in [-0.3, -0.25) is 0 Å². The average molecular weight is 464 g/mol. The predicted molar refractivity (Wildman–Crippen MR) is 124 cm³/mol. The molecule has 2 N–H and O–H groups in total. The van der Waals surface area contributed by atoms with Crippen LogP contribution in [0.2, 0.25) is 0 Å². The third-order valence-electron chi connectivity index (χ3n) is 4.81. The molecule has 3 rings (SSSR count). The number of aliphatic hydroxyl groups is 1. The molecule has 8 heteroatoms. The molecule has 0 saturated heterocycles. The first-order valence-electron chi connectivity index (χ1n) is 10.7. The molecule has 0 heterocycles. The third-order valence-corrected chi connectivity index (χ3v) is 4.81. The number of nitrogens with zero attached hydrogens (tertiary/aromatic N) is 1. The zero-order valence-electron chi connectivity index (χ0n) is 18.7. The van der Waals surface area contributed by atoms with Gasteiger partial charge in [0.25, 0.3) is 0 Å². The van der Waals surface area contributed by atoms with Gasteiger partial charge in [-0.25, -0.2) is 9.18 Å². The van der Waals surface area contributed by atoms with Gasteiger partial charge in [-0.1, -0.05) is 30.3 Å². The van der Waals surface area contributed by atoms with Crippen molar-refractivity contribution < 1.29 is 28.5 Å². The Bertz CT molecular complexity index is 1130. The summed E-state index contributed by atoms with van der Waals surface area (Å²) < 4.78 is 31.7. The van der Waals surface area contributed by atoms with E-state index in [9.17, 15) is 4.79 Å². The fourth-order valence-corrected chi connectivity index (χ4v) is 3.19. The van der Waals surface area contributed by atoms with Gasteiger partial charge in [-0.2, -0.15) is 5.26 Å². The lowest BCUT2D eigenvalue weighted by molar-refractivity contribution is -0.146. The van der Waals surface area contributed by atoms with Crippen molar-refractivity contribution in [1.82, 2.24) is 0 Å². The lowest BCUT2D eigenvalue weighted by atomic mass is 10.0. The molecule has 1 atom stereocenters. The van der Waals surface area contributed by atoms with Crippen LogP contribution in [0.5, 0.6) is 11.5 Å². The fraction of sp³-hybridized carbons (Fsp3) is 0.231. The van der Waals surface area contributed by atoms with Gasteiger partial charge >= 0.3 is 5.97 Å². The minimum atomic E-state index is -1.21. The van der Waals surface area contributed by atoms with E-state index in [1.807, 2.05) is 36.4 Å². The second-order valence-electron chi connectivity index (χ2n) is 7.19. The number of rotatable bonds is 11. The van der Waals surface area contributed by atoms with E-state index in [0.29, 0.717) is 11.3 Å². The van der Waals surface area contributed by atoms with E-state index in [1.165, 1.54) is 6.07 Å². The topological polar surface area (TPSA) is 101 Å². The van der Waals surface area contributed by atoms with Gasteiger partial charge in [0.2, 0.25) is 0 Å². The molecule has 0 spiro atoms. The van der Waals surface area contributed by atoms with E-state index >= 15 is 4.39 Å². The SMILES string of the molecule is CCOc1cc(C(Nc2ccc(C#N)cc2)C(=O)OCc2ccccc2)c(F)cc1OCCO. The van der Waals surface area contributed by atoms with Gasteiger partial charge < -0.3 is 24.6 Å². The fourth-order valence-electron chi connectivity index (χ4n) is 3.19. The molecule has 0 bridgehead atoms. The van der Waals surface area contributed by atoms with Gasteiger partial charge in [-0.15, -0.1) is 0 Å². The van der Waals surface area contributed by atoms with Crippen LogP contribution in [0.15, 0.2) is 66.7 Å². The molecule has 3 aromatic carbocycles. The summed E-state index contributed by atoms with van der Waals surface area (Å²) in [4.78, 5) is 13.1. The molecule has 0 saturated carbocycles. The first-order chi connectivity index (χ1) is 16.5. The number of esters is 1. The van der Waals surface area contributed by atoms with Crippen LogP contribution in [-0.2, 0) is 16.1 Å². The van der Waals surface area contributed by atoms with Crippen molar-refractivity contribution in [3.8, 4) is 17.6 Å². The molecule has 3 aromatic rings. The summed E-state index contributed by atoms with van der Waals surface area (Å²) in [6, 6.07) is 18.9. The molecule has 0 aromatic heterocycles. The largest absolute Gasteiger partial charge is 0.490 e. The number of nitrogens with one attached hydrogen (secondary N) is 1. The Morgan fingerprint density at radius 3 is 2.44 bits per heavy atom. The van der Waals surface area contributed by atoms with Gasteiger partial charge in [0, 0.05) is 17.3 Å². The smallest absolute Gasteiger partial charge is 0.333 e. The maximum Gasteiger partial charge on any atom is 0.333 e. The lowest BCUT2D eigenvalue weighted by Gasteiger charge is -2.22. The summed E-state index contributed by atoms with van der Waals surface area (Å²) in [5, 5.41) is 21.1. The predicted octanol–water partition coefficient (Wildman–Crippen LogP) is 4.36. The maximum absolute atomic E-state index is 15.2. The van der Waals surface area contributed by atoms with E-state index < -0.39 is 17.8 Å². The van der Waals surface area contributed by atoms with Crippen molar-refractivity contribution in [1.29, 1.82) is 5.26 Å². The zero-order valence-corrected chi connectivity index (χ0v) is 18.7. The van der Waals surface area contributed by atoms with Crippen LogP contribution in [0.4, 0.5) is 10.1 Å². The highest BCUT2D eigenvalue weighted by atomic mass is 19.1. The highest BCUT2D eigenvalue weighted by molar-refractivity contribution is 5.81. The number of benzene rings is 3. The molecule has 0 amide bonds. The van der Waals surface area contributed by atoms with Crippen LogP contribution in [0.3, 0.4) is 0 Å². The van der Waals surface area contributed by atoms with Gasteiger partial charge in [0.1, 0.15) is 19.0 Å². The molecule has 1 unspecified atom stereocenters. The Kier molecular flexibility index (Phi) is 8.83. The minimum Gasteiger partial charge on any atom is -0.490 e. The van der Waals surface area contributed by atoms with Crippen LogP contribution in [0.1, 0.15) is 29.7 Å². The third kappa shape index (κ3) is 6.47. The molecule has 0 radical (unpaired) electrons. The van der Waals surface area contributed by atoms with Crippen molar-refractivity contribution in [3.05, 3.63) is 89.2 Å². The average Bonchev–Trinajstić information content (AvgIpc) is 2.87. The van der Waals surface area contributed by atoms with E-state index in [4.69, 9.17) is 24.6 Å². The normalized spacial score (nSPS) is 11.2. The number of hydrogen-bond donors (Lipinski definition) is 2. The van der Waals surface area contributed by atoms with Gasteiger partial charge in [-0.05, 0) is 42.8 Å². The van der Waals surface area contributed by atoms with Crippen LogP contribution in [-0.4, -0.2) is 30.9 Å². The van der Waals surface area contributed by atoms with Crippen molar-refractivity contribution in [2.45, 2.75) is 19.6 Å². The Labute approximate surface area is 197 Å². The van der Waals surface area contributed by atoms with Gasteiger partial charge in [0.15, 0.2) is 17.5 Å². The molecule has 0 aliphatic carbocycles. The molecule has 176 valence electrons. The van der Waals surface area contributed by atoms with Crippen molar-refractivity contribution in [2.75, 3.05) is 25.1 Å². The Morgan fingerprint density at radius 1 is 1.09 bits per heavy atom. The van der Waals surface area contributed by atoms with Crippen LogP contribution in [0, 0.1) is 17.1 Å². The molecular weight excluding hydrogens is 439 g/mol. The van der Waals surface area contributed by atoms with Gasteiger partial charge in [0.05, 0.1) is 24.8 Å². The number of carbonyl (C=O) groups excluding carboxylic acids is 1. The Morgan fingerprint density at radius 2 is 1.79 bits per heavy atom. The Hall–Kier alpha value is -4.09. The van der Waals surface area contributed by atoms with Crippen molar-refractivity contribution in [2.24, 2.45) is 0 Å². The second-order valence-corrected chi connectivity index (χ2v) is 7.19. The van der Waals surface area contributed by atoms with E-state index in [2.05, 4.69) is 5.32 Å². The highest BCUT2D eigenvalue weighted by Crippen LogP contribution is 2.35. The summed E-state index contributed by atoms with van der Waals surface area (Å²) in [6.07, 6.45) is 0. The number of aliphatic hydroxyl groups excluding tert-OH is 1. The van der Waals surface area contributed by atoms with Crippen molar-refractivity contribution in [3.63, 3.8) is 0 Å². The number of carbonyl (C=O) groups is 1. The molecule has 34 heavy (non-hydrogen) atoms. The molecule has 0 aliphatic rings. The Balaban J connectivity index is 1.94. The summed E-state index contributed by atoms with van der Waals surface area (Å²) in [6.45, 7) is 1.78. The van der Waals surface area contributed by atoms with Crippen molar-refractivity contribution >= 4 is 11.7 Å². The number of halogens is 1.